The van der Waals surface area contributed by atoms with Gasteiger partial charge in [-0.2, -0.15) is 0 Å². The van der Waals surface area contributed by atoms with Crippen LogP contribution >= 0.6 is 11.6 Å². The molecular formula is C16H23ClN2O3. The second kappa shape index (κ2) is 7.92. The zero-order valence-electron chi connectivity index (χ0n) is 12.8. The van der Waals surface area contributed by atoms with Gasteiger partial charge in [-0.25, -0.2) is 0 Å². The Balaban J connectivity index is 1.83. The molecule has 1 unspecified atom stereocenters. The molecule has 1 atom stereocenters. The van der Waals surface area contributed by atoms with Gasteiger partial charge in [-0.1, -0.05) is 29.8 Å². The van der Waals surface area contributed by atoms with E-state index in [0.717, 1.165) is 0 Å². The molecule has 1 heterocycles. The van der Waals surface area contributed by atoms with Crippen molar-refractivity contribution in [3.63, 3.8) is 0 Å². The monoisotopic (exact) mass is 326 g/mol. The van der Waals surface area contributed by atoms with E-state index in [1.165, 1.54) is 0 Å². The number of hydrogen-bond donors (Lipinski definition) is 2. The average molecular weight is 327 g/mol. The highest BCUT2D eigenvalue weighted by atomic mass is 35.5. The lowest BCUT2D eigenvalue weighted by atomic mass is 10.1. The molecule has 0 radical (unpaired) electrons. The summed E-state index contributed by atoms with van der Waals surface area (Å²) in [6.45, 7) is 1.78. The molecule has 0 bridgehead atoms. The number of piperidine rings is 1. The summed E-state index contributed by atoms with van der Waals surface area (Å²) < 4.78 is 0. The van der Waals surface area contributed by atoms with Crippen molar-refractivity contribution in [2.75, 3.05) is 33.2 Å². The van der Waals surface area contributed by atoms with Crippen LogP contribution in [-0.2, 0) is 4.79 Å². The largest absolute Gasteiger partial charge is 0.393 e. The highest BCUT2D eigenvalue weighted by Gasteiger charge is 2.23. The molecule has 1 aromatic rings. The van der Waals surface area contributed by atoms with E-state index in [1.807, 2.05) is 12.1 Å². The van der Waals surface area contributed by atoms with Crippen LogP contribution in [0.25, 0.3) is 0 Å². The molecule has 2 N–H and O–H groups in total. The quantitative estimate of drug-likeness (QED) is 0.856. The van der Waals surface area contributed by atoms with Gasteiger partial charge in [0.1, 0.15) is 0 Å². The van der Waals surface area contributed by atoms with E-state index in [0.29, 0.717) is 43.1 Å². The number of halogens is 1. The van der Waals surface area contributed by atoms with E-state index in [-0.39, 0.29) is 18.6 Å². The lowest BCUT2D eigenvalue weighted by molar-refractivity contribution is -0.134. The van der Waals surface area contributed by atoms with Crippen LogP contribution in [0.15, 0.2) is 24.3 Å². The molecule has 22 heavy (non-hydrogen) atoms. The molecule has 1 amide bonds. The van der Waals surface area contributed by atoms with Crippen LogP contribution in [0.1, 0.15) is 24.5 Å². The Labute approximate surface area is 136 Å². The van der Waals surface area contributed by atoms with Crippen LogP contribution in [0, 0.1) is 0 Å². The molecule has 0 spiro atoms. The van der Waals surface area contributed by atoms with Crippen molar-refractivity contribution in [2.45, 2.75) is 25.0 Å². The van der Waals surface area contributed by atoms with Gasteiger partial charge in [0.05, 0.1) is 18.8 Å². The van der Waals surface area contributed by atoms with Crippen molar-refractivity contribution in [1.82, 2.24) is 9.80 Å². The summed E-state index contributed by atoms with van der Waals surface area (Å²) in [5, 5.41) is 20.2. The summed E-state index contributed by atoms with van der Waals surface area (Å²) in [5.74, 6) is 0.0285. The van der Waals surface area contributed by atoms with Crippen LogP contribution in [-0.4, -0.2) is 65.3 Å². The van der Waals surface area contributed by atoms with Crippen LogP contribution in [0.5, 0.6) is 0 Å². The first-order valence-corrected chi connectivity index (χ1v) is 7.92. The van der Waals surface area contributed by atoms with E-state index in [9.17, 15) is 15.0 Å². The first-order valence-electron chi connectivity index (χ1n) is 7.54. The molecule has 2 rings (SSSR count). The van der Waals surface area contributed by atoms with E-state index >= 15 is 0 Å². The second-order valence-electron chi connectivity index (χ2n) is 5.85. The highest BCUT2D eigenvalue weighted by molar-refractivity contribution is 6.31. The fourth-order valence-electron chi connectivity index (χ4n) is 2.65. The molecular weight excluding hydrogens is 304 g/mol. The molecule has 1 aromatic carbocycles. The van der Waals surface area contributed by atoms with Crippen molar-refractivity contribution in [2.24, 2.45) is 0 Å². The van der Waals surface area contributed by atoms with Crippen molar-refractivity contribution < 1.29 is 15.0 Å². The number of carbonyl (C=O) groups is 1. The molecule has 5 nitrogen and oxygen atoms in total. The fraction of sp³-hybridized carbons (Fsp3) is 0.562. The third kappa shape index (κ3) is 4.68. The number of benzene rings is 1. The Kier molecular flexibility index (Phi) is 6.20. The second-order valence-corrected chi connectivity index (χ2v) is 6.25. The van der Waals surface area contributed by atoms with Gasteiger partial charge in [-0.3, -0.25) is 9.69 Å². The molecule has 6 heteroatoms. The molecule has 0 aromatic heterocycles. The average Bonchev–Trinajstić information content (AvgIpc) is 2.48. The SMILES string of the molecule is CN(CC(=O)N1CCC(O)CC1)CC(O)c1ccccc1Cl. The van der Waals surface area contributed by atoms with Gasteiger partial charge in [0.15, 0.2) is 0 Å². The van der Waals surface area contributed by atoms with Crippen molar-refractivity contribution >= 4 is 17.5 Å². The Bertz CT molecular complexity index is 504. The summed E-state index contributed by atoms with van der Waals surface area (Å²) in [5.41, 5.74) is 0.671. The normalized spacial score (nSPS) is 17.8. The molecule has 1 aliphatic heterocycles. The van der Waals surface area contributed by atoms with Crippen LogP contribution in [0.2, 0.25) is 5.02 Å². The number of nitrogens with zero attached hydrogens (tertiary/aromatic N) is 2. The number of hydrogen-bond acceptors (Lipinski definition) is 4. The Morgan fingerprint density at radius 1 is 1.41 bits per heavy atom. The fourth-order valence-corrected chi connectivity index (χ4v) is 2.91. The van der Waals surface area contributed by atoms with E-state index < -0.39 is 6.10 Å². The lowest BCUT2D eigenvalue weighted by Gasteiger charge is -2.31. The third-order valence-corrected chi connectivity index (χ3v) is 4.32. The Hall–Kier alpha value is -1.14. The number of aliphatic hydroxyl groups is 2. The van der Waals surface area contributed by atoms with Gasteiger partial charge in [0.25, 0.3) is 0 Å². The van der Waals surface area contributed by atoms with Crippen LogP contribution < -0.4 is 0 Å². The van der Waals surface area contributed by atoms with Crippen LogP contribution in [0.4, 0.5) is 0 Å². The summed E-state index contributed by atoms with van der Waals surface area (Å²) >= 11 is 6.07. The maximum absolute atomic E-state index is 12.2. The van der Waals surface area contributed by atoms with E-state index in [1.54, 1.807) is 29.0 Å². The smallest absolute Gasteiger partial charge is 0.236 e. The predicted octanol–water partition coefficient (Wildman–Crippen LogP) is 1.29. The molecule has 1 saturated heterocycles. The van der Waals surface area contributed by atoms with Gasteiger partial charge in [-0.05, 0) is 26.0 Å². The van der Waals surface area contributed by atoms with Crippen molar-refractivity contribution in [1.29, 1.82) is 0 Å². The van der Waals surface area contributed by atoms with Gasteiger partial charge in [0.2, 0.25) is 5.91 Å². The number of amides is 1. The predicted molar refractivity (Wildman–Crippen MR) is 85.7 cm³/mol. The summed E-state index contributed by atoms with van der Waals surface area (Å²) in [7, 11) is 1.80. The molecule has 122 valence electrons. The topological polar surface area (TPSA) is 64.0 Å². The maximum atomic E-state index is 12.2. The Morgan fingerprint density at radius 3 is 2.68 bits per heavy atom. The molecule has 1 fully saturated rings. The van der Waals surface area contributed by atoms with Gasteiger partial charge >= 0.3 is 0 Å². The highest BCUT2D eigenvalue weighted by Crippen LogP contribution is 2.23. The van der Waals surface area contributed by atoms with Crippen molar-refractivity contribution in [3.8, 4) is 0 Å². The van der Waals surface area contributed by atoms with Crippen LogP contribution in [0.3, 0.4) is 0 Å². The molecule has 0 saturated carbocycles. The summed E-state index contributed by atoms with van der Waals surface area (Å²) in [4.78, 5) is 15.8. The first-order chi connectivity index (χ1) is 10.5. The molecule has 0 aliphatic carbocycles. The minimum absolute atomic E-state index is 0.0285. The Morgan fingerprint density at radius 2 is 2.05 bits per heavy atom. The van der Waals surface area contributed by atoms with Crippen molar-refractivity contribution in [3.05, 3.63) is 34.9 Å². The minimum Gasteiger partial charge on any atom is -0.393 e. The maximum Gasteiger partial charge on any atom is 0.236 e. The third-order valence-electron chi connectivity index (χ3n) is 3.97. The van der Waals surface area contributed by atoms with Gasteiger partial charge in [0, 0.05) is 30.2 Å². The standard InChI is InChI=1S/C16H23ClN2O3/c1-18(10-15(21)13-4-2-3-5-14(13)17)11-16(22)19-8-6-12(20)7-9-19/h2-5,12,15,20-21H,6-11H2,1H3. The summed E-state index contributed by atoms with van der Waals surface area (Å²) in [6, 6.07) is 7.17. The van der Waals surface area contributed by atoms with Gasteiger partial charge < -0.3 is 15.1 Å². The van der Waals surface area contributed by atoms with E-state index in [4.69, 9.17) is 11.6 Å². The minimum atomic E-state index is -0.727. The zero-order valence-corrected chi connectivity index (χ0v) is 13.5. The van der Waals surface area contributed by atoms with Gasteiger partial charge in [-0.15, -0.1) is 0 Å². The number of carbonyl (C=O) groups excluding carboxylic acids is 1. The number of rotatable bonds is 5. The lowest BCUT2D eigenvalue weighted by Crippen LogP contribution is -2.45. The first kappa shape index (κ1) is 17.2. The zero-order chi connectivity index (χ0) is 16.1. The van der Waals surface area contributed by atoms with E-state index in [2.05, 4.69) is 0 Å². The number of likely N-dealkylation sites (tertiary alicyclic amines) is 1. The summed E-state index contributed by atoms with van der Waals surface area (Å²) in [6.07, 6.45) is 0.258. The molecule has 1 aliphatic rings. The number of likely N-dealkylation sites (N-methyl/N-ethyl adjacent to an activating group) is 1. The number of aliphatic hydroxyl groups excluding tert-OH is 2.